The van der Waals surface area contributed by atoms with E-state index in [0.29, 0.717) is 5.75 Å². The lowest BCUT2D eigenvalue weighted by Gasteiger charge is -2.27. The van der Waals surface area contributed by atoms with Crippen molar-refractivity contribution in [2.45, 2.75) is 38.2 Å². The Morgan fingerprint density at radius 1 is 1.44 bits per heavy atom. The molecule has 0 aliphatic heterocycles. The van der Waals surface area contributed by atoms with Crippen molar-refractivity contribution in [1.29, 1.82) is 0 Å². The molecule has 0 spiro atoms. The second-order valence-electron chi connectivity index (χ2n) is 4.86. The zero-order valence-electron chi connectivity index (χ0n) is 10.6. The van der Waals surface area contributed by atoms with Crippen LogP contribution in [0.1, 0.15) is 41.6 Å². The van der Waals surface area contributed by atoms with Gasteiger partial charge < -0.3 is 9.84 Å². The minimum absolute atomic E-state index is 0.257. The smallest absolute Gasteiger partial charge is 0.335 e. The van der Waals surface area contributed by atoms with Crippen LogP contribution in [0, 0.1) is 6.92 Å². The molecule has 1 aliphatic carbocycles. The van der Waals surface area contributed by atoms with Crippen LogP contribution in [-0.2, 0) is 0 Å². The average Bonchev–Trinajstić information content (AvgIpc) is 2.81. The Balaban J connectivity index is 2.30. The van der Waals surface area contributed by atoms with Gasteiger partial charge in [-0.15, -0.1) is 0 Å². The predicted molar refractivity (Wildman–Crippen MR) is 70.2 cm³/mol. The molecule has 0 bridgehead atoms. The van der Waals surface area contributed by atoms with Gasteiger partial charge in [0.25, 0.3) is 0 Å². The van der Waals surface area contributed by atoms with Gasteiger partial charge in [0.15, 0.2) is 0 Å². The van der Waals surface area contributed by atoms with Gasteiger partial charge in [0.05, 0.1) is 5.56 Å². The van der Waals surface area contributed by atoms with E-state index in [1.807, 2.05) is 13.0 Å². The summed E-state index contributed by atoms with van der Waals surface area (Å²) in [4.78, 5) is 11.0. The van der Waals surface area contributed by atoms with Gasteiger partial charge in [0.2, 0.25) is 0 Å². The largest absolute Gasteiger partial charge is 0.483 e. The molecule has 96 valence electrons. The highest BCUT2D eigenvalue weighted by atomic mass is 16.5. The third kappa shape index (κ3) is 2.40. The molecular formula is C15H18O3. The molecule has 0 saturated heterocycles. The lowest BCUT2D eigenvalue weighted by Crippen LogP contribution is -2.29. The summed E-state index contributed by atoms with van der Waals surface area (Å²) in [7, 11) is 0. The van der Waals surface area contributed by atoms with Crippen LogP contribution < -0.4 is 4.74 Å². The van der Waals surface area contributed by atoms with E-state index < -0.39 is 5.97 Å². The van der Waals surface area contributed by atoms with E-state index in [9.17, 15) is 4.79 Å². The van der Waals surface area contributed by atoms with Crippen molar-refractivity contribution in [3.63, 3.8) is 0 Å². The highest BCUT2D eigenvalue weighted by Crippen LogP contribution is 2.36. The van der Waals surface area contributed by atoms with Gasteiger partial charge >= 0.3 is 5.97 Å². The Hall–Kier alpha value is -1.77. The minimum Gasteiger partial charge on any atom is -0.483 e. The number of hydrogen-bond acceptors (Lipinski definition) is 2. The molecule has 0 atom stereocenters. The number of ether oxygens (including phenoxy) is 1. The number of aromatic carboxylic acids is 1. The Bertz CT molecular complexity index is 471. The van der Waals surface area contributed by atoms with Crippen LogP contribution in [0.4, 0.5) is 0 Å². The molecule has 0 heterocycles. The maximum absolute atomic E-state index is 11.0. The summed E-state index contributed by atoms with van der Waals surface area (Å²) < 4.78 is 6.05. The van der Waals surface area contributed by atoms with E-state index in [4.69, 9.17) is 9.84 Å². The van der Waals surface area contributed by atoms with E-state index in [2.05, 4.69) is 6.58 Å². The molecule has 2 rings (SSSR count). The number of carbonyl (C=O) groups is 1. The van der Waals surface area contributed by atoms with Gasteiger partial charge in [-0.1, -0.05) is 12.6 Å². The van der Waals surface area contributed by atoms with E-state index in [1.165, 1.54) is 0 Å². The quantitative estimate of drug-likeness (QED) is 0.826. The normalized spacial score (nSPS) is 17.4. The molecule has 18 heavy (non-hydrogen) atoms. The summed E-state index contributed by atoms with van der Waals surface area (Å²) in [6, 6.07) is 4.98. The Morgan fingerprint density at radius 2 is 2.11 bits per heavy atom. The third-order valence-corrected chi connectivity index (χ3v) is 3.57. The first-order valence-corrected chi connectivity index (χ1v) is 6.23. The SMILES string of the molecule is C=CC1(Oc2cc(C(=O)O)ccc2C)CCCC1. The monoisotopic (exact) mass is 246 g/mol. The molecule has 0 aromatic heterocycles. The maximum Gasteiger partial charge on any atom is 0.335 e. The molecule has 1 N–H and O–H groups in total. The molecule has 0 unspecified atom stereocenters. The molecule has 1 saturated carbocycles. The average molecular weight is 246 g/mol. The van der Waals surface area contributed by atoms with Gasteiger partial charge in [-0.25, -0.2) is 4.79 Å². The minimum atomic E-state index is -0.932. The lowest BCUT2D eigenvalue weighted by atomic mass is 10.0. The molecule has 3 nitrogen and oxygen atoms in total. The fourth-order valence-electron chi connectivity index (χ4n) is 2.38. The molecule has 1 aromatic carbocycles. The van der Waals surface area contributed by atoms with Crippen molar-refractivity contribution < 1.29 is 14.6 Å². The van der Waals surface area contributed by atoms with Gasteiger partial charge in [0.1, 0.15) is 11.4 Å². The van der Waals surface area contributed by atoms with Gasteiger partial charge in [0, 0.05) is 0 Å². The highest BCUT2D eigenvalue weighted by molar-refractivity contribution is 5.88. The summed E-state index contributed by atoms with van der Waals surface area (Å²) in [5.41, 5.74) is 0.892. The number of carboxylic acids is 1. The van der Waals surface area contributed by atoms with Crippen LogP contribution in [0.15, 0.2) is 30.9 Å². The van der Waals surface area contributed by atoms with Crippen LogP contribution in [0.5, 0.6) is 5.75 Å². The highest BCUT2D eigenvalue weighted by Gasteiger charge is 2.33. The Labute approximate surface area is 107 Å². The van der Waals surface area contributed by atoms with Crippen LogP contribution in [0.3, 0.4) is 0 Å². The number of benzene rings is 1. The third-order valence-electron chi connectivity index (χ3n) is 3.57. The van der Waals surface area contributed by atoms with Crippen LogP contribution in [0.2, 0.25) is 0 Å². The van der Waals surface area contributed by atoms with E-state index in [-0.39, 0.29) is 11.2 Å². The molecule has 0 amide bonds. The summed E-state index contributed by atoms with van der Waals surface area (Å²) in [6.07, 6.45) is 6.01. The van der Waals surface area contributed by atoms with Crippen LogP contribution >= 0.6 is 0 Å². The summed E-state index contributed by atoms with van der Waals surface area (Å²) in [5.74, 6) is -0.282. The molecular weight excluding hydrogens is 228 g/mol. The number of hydrogen-bond donors (Lipinski definition) is 1. The van der Waals surface area contributed by atoms with Crippen LogP contribution in [-0.4, -0.2) is 16.7 Å². The summed E-state index contributed by atoms with van der Waals surface area (Å²) in [6.45, 7) is 5.78. The van der Waals surface area contributed by atoms with Crippen molar-refractivity contribution in [1.82, 2.24) is 0 Å². The number of carboxylic acid groups (broad SMARTS) is 1. The van der Waals surface area contributed by atoms with Crippen molar-refractivity contribution >= 4 is 5.97 Å². The van der Waals surface area contributed by atoms with Gasteiger partial charge in [-0.3, -0.25) is 0 Å². The molecule has 1 fully saturated rings. The zero-order chi connectivity index (χ0) is 13.2. The first kappa shape index (κ1) is 12.7. The van der Waals surface area contributed by atoms with E-state index >= 15 is 0 Å². The molecule has 3 heteroatoms. The predicted octanol–water partition coefficient (Wildman–Crippen LogP) is 3.57. The second kappa shape index (κ2) is 4.84. The van der Waals surface area contributed by atoms with Gasteiger partial charge in [-0.2, -0.15) is 0 Å². The van der Waals surface area contributed by atoms with E-state index in [1.54, 1.807) is 18.2 Å². The fraction of sp³-hybridized carbons (Fsp3) is 0.400. The molecule has 1 aliphatic rings. The summed E-state index contributed by atoms with van der Waals surface area (Å²) in [5, 5.41) is 9.01. The van der Waals surface area contributed by atoms with Crippen molar-refractivity contribution in [3.05, 3.63) is 42.0 Å². The topological polar surface area (TPSA) is 46.5 Å². The first-order chi connectivity index (χ1) is 8.56. The van der Waals surface area contributed by atoms with Gasteiger partial charge in [-0.05, 0) is 56.4 Å². The molecule has 0 radical (unpaired) electrons. The fourth-order valence-corrected chi connectivity index (χ4v) is 2.38. The lowest BCUT2D eigenvalue weighted by molar-refractivity contribution is 0.0694. The first-order valence-electron chi connectivity index (χ1n) is 6.23. The van der Waals surface area contributed by atoms with Crippen molar-refractivity contribution in [2.75, 3.05) is 0 Å². The number of aryl methyl sites for hydroxylation is 1. The maximum atomic E-state index is 11.0. The second-order valence-corrected chi connectivity index (χ2v) is 4.86. The van der Waals surface area contributed by atoms with Crippen molar-refractivity contribution in [3.8, 4) is 5.75 Å². The van der Waals surface area contributed by atoms with Crippen molar-refractivity contribution in [2.24, 2.45) is 0 Å². The number of rotatable bonds is 4. The van der Waals surface area contributed by atoms with Crippen LogP contribution in [0.25, 0.3) is 0 Å². The Kier molecular flexibility index (Phi) is 3.41. The Morgan fingerprint density at radius 3 is 2.67 bits per heavy atom. The zero-order valence-corrected chi connectivity index (χ0v) is 10.6. The standard InChI is InChI=1S/C15H18O3/c1-3-15(8-4-5-9-15)18-13-10-12(14(16)17)7-6-11(13)2/h3,6-7,10H,1,4-5,8-9H2,2H3,(H,16,17). The molecule has 1 aromatic rings. The summed E-state index contributed by atoms with van der Waals surface area (Å²) >= 11 is 0. The van der Waals surface area contributed by atoms with E-state index in [0.717, 1.165) is 31.2 Å².